The van der Waals surface area contributed by atoms with Gasteiger partial charge < -0.3 is 4.90 Å². The first kappa shape index (κ1) is 21.4. The maximum atomic E-state index is 13.4. The Morgan fingerprint density at radius 2 is 1.47 bits per heavy atom. The molecule has 0 N–H and O–H groups in total. The van der Waals surface area contributed by atoms with Crippen molar-refractivity contribution >= 4 is 23.4 Å². The molecule has 32 heavy (non-hydrogen) atoms. The van der Waals surface area contributed by atoms with Crippen LogP contribution in [0.4, 0.5) is 10.1 Å². The van der Waals surface area contributed by atoms with E-state index in [2.05, 4.69) is 0 Å². The third kappa shape index (κ3) is 4.30. The van der Waals surface area contributed by atoms with Crippen molar-refractivity contribution in [2.75, 3.05) is 4.90 Å². The number of benzene rings is 3. The van der Waals surface area contributed by atoms with Crippen LogP contribution in [0.25, 0.3) is 0 Å². The average molecular weight is 430 g/mol. The minimum absolute atomic E-state index is 0.125. The Morgan fingerprint density at radius 1 is 0.906 bits per heavy atom. The van der Waals surface area contributed by atoms with E-state index in [1.807, 2.05) is 50.2 Å². The van der Waals surface area contributed by atoms with Crippen molar-refractivity contribution in [3.05, 3.63) is 101 Å². The van der Waals surface area contributed by atoms with Crippen LogP contribution in [0.2, 0.25) is 0 Å². The van der Waals surface area contributed by atoms with Gasteiger partial charge >= 0.3 is 0 Å². The second-order valence-corrected chi connectivity index (χ2v) is 8.05. The smallest absolute Gasteiger partial charge is 0.257 e. The van der Waals surface area contributed by atoms with Crippen molar-refractivity contribution in [3.8, 4) is 0 Å². The van der Waals surface area contributed by atoms with Gasteiger partial charge in [-0.3, -0.25) is 14.4 Å². The summed E-state index contributed by atoms with van der Waals surface area (Å²) in [6, 6.07) is 19.0. The van der Waals surface area contributed by atoms with Gasteiger partial charge in [-0.15, -0.1) is 0 Å². The number of nitrogens with zero attached hydrogens (tertiary/aromatic N) is 2. The molecule has 1 unspecified atom stereocenters. The highest BCUT2D eigenvalue weighted by atomic mass is 19.1. The maximum absolute atomic E-state index is 13.4. The summed E-state index contributed by atoms with van der Waals surface area (Å²) in [6.07, 6.45) is -0.125. The maximum Gasteiger partial charge on any atom is 0.257 e. The highest BCUT2D eigenvalue weighted by molar-refractivity contribution is 6.23. The molecule has 1 fully saturated rings. The highest BCUT2D eigenvalue weighted by Gasteiger charge is 2.44. The van der Waals surface area contributed by atoms with Gasteiger partial charge in [-0.1, -0.05) is 47.5 Å². The summed E-state index contributed by atoms with van der Waals surface area (Å²) in [4.78, 5) is 42.0. The molecule has 1 aliphatic heterocycles. The molecule has 0 bridgehead atoms. The molecular weight excluding hydrogens is 407 g/mol. The van der Waals surface area contributed by atoms with Crippen LogP contribution in [-0.4, -0.2) is 28.7 Å². The Balaban J connectivity index is 1.68. The molecule has 0 aliphatic carbocycles. The summed E-state index contributed by atoms with van der Waals surface area (Å²) >= 11 is 0. The largest absolute Gasteiger partial charge is 0.322 e. The Bertz CT molecular complexity index is 1160. The van der Waals surface area contributed by atoms with Gasteiger partial charge in [-0.25, -0.2) is 9.29 Å². The molecule has 3 aromatic carbocycles. The van der Waals surface area contributed by atoms with Crippen LogP contribution in [0.1, 0.15) is 33.5 Å². The van der Waals surface area contributed by atoms with Crippen molar-refractivity contribution in [2.45, 2.75) is 32.9 Å². The molecule has 1 aliphatic rings. The lowest BCUT2D eigenvalue weighted by Gasteiger charge is -2.28. The van der Waals surface area contributed by atoms with E-state index in [1.165, 1.54) is 29.2 Å². The highest BCUT2D eigenvalue weighted by Crippen LogP contribution is 2.28. The minimum atomic E-state index is -0.942. The van der Waals surface area contributed by atoms with Gasteiger partial charge in [0.25, 0.3) is 11.8 Å². The number of anilines is 1. The summed E-state index contributed by atoms with van der Waals surface area (Å²) in [6.45, 7) is 4.09. The molecule has 162 valence electrons. The number of aryl methyl sites for hydroxylation is 2. The van der Waals surface area contributed by atoms with Crippen molar-refractivity contribution in [3.63, 3.8) is 0 Å². The van der Waals surface area contributed by atoms with Gasteiger partial charge in [0.15, 0.2) is 0 Å². The van der Waals surface area contributed by atoms with E-state index in [1.54, 1.807) is 12.1 Å². The van der Waals surface area contributed by atoms with Crippen LogP contribution in [0.15, 0.2) is 72.8 Å². The summed E-state index contributed by atoms with van der Waals surface area (Å²) in [5, 5.41) is 0. The van der Waals surface area contributed by atoms with Crippen LogP contribution in [-0.2, 0) is 16.1 Å². The second-order valence-electron chi connectivity index (χ2n) is 8.05. The number of hydrogen-bond acceptors (Lipinski definition) is 3. The van der Waals surface area contributed by atoms with Gasteiger partial charge in [-0.05, 0) is 55.8 Å². The first-order chi connectivity index (χ1) is 15.3. The standard InChI is InChI=1S/C26H23FN2O3/c1-17-3-7-19(8-4-17)16-28(25(31)20-9-5-18(2)6-10-20)23-15-24(30)29(26(23)32)22-13-11-21(27)12-14-22/h3-14,23H,15-16H2,1-2H3. The van der Waals surface area contributed by atoms with E-state index in [4.69, 9.17) is 0 Å². The number of hydrogen-bond donors (Lipinski definition) is 0. The topological polar surface area (TPSA) is 57.7 Å². The first-order valence-corrected chi connectivity index (χ1v) is 10.4. The SMILES string of the molecule is Cc1ccc(CN(C(=O)c2ccc(C)cc2)C2CC(=O)N(c3ccc(F)cc3)C2=O)cc1. The molecule has 0 saturated carbocycles. The summed E-state index contributed by atoms with van der Waals surface area (Å²) in [7, 11) is 0. The fraction of sp³-hybridized carbons (Fsp3) is 0.192. The van der Waals surface area contributed by atoms with E-state index >= 15 is 0 Å². The molecule has 4 rings (SSSR count). The number of rotatable bonds is 5. The molecule has 3 aromatic rings. The van der Waals surface area contributed by atoms with Crippen molar-refractivity contribution in [1.29, 1.82) is 0 Å². The summed E-state index contributed by atoms with van der Waals surface area (Å²) in [5.74, 6) is -1.69. The van der Waals surface area contributed by atoms with Crippen LogP contribution >= 0.6 is 0 Å². The second kappa shape index (κ2) is 8.75. The van der Waals surface area contributed by atoms with E-state index < -0.39 is 23.7 Å². The quantitative estimate of drug-likeness (QED) is 0.563. The zero-order chi connectivity index (χ0) is 22.8. The van der Waals surface area contributed by atoms with Crippen molar-refractivity contribution in [1.82, 2.24) is 4.90 Å². The molecular formula is C26H23FN2O3. The molecule has 0 spiro atoms. The molecule has 0 radical (unpaired) electrons. The van der Waals surface area contributed by atoms with E-state index in [0.29, 0.717) is 11.3 Å². The zero-order valence-electron chi connectivity index (χ0n) is 17.9. The lowest BCUT2D eigenvalue weighted by Crippen LogP contribution is -2.45. The number of halogens is 1. The van der Waals surface area contributed by atoms with Gasteiger partial charge in [0.1, 0.15) is 11.9 Å². The molecule has 1 atom stereocenters. The van der Waals surface area contributed by atoms with Crippen LogP contribution in [0.5, 0.6) is 0 Å². The van der Waals surface area contributed by atoms with Gasteiger partial charge in [0.05, 0.1) is 12.1 Å². The first-order valence-electron chi connectivity index (χ1n) is 10.4. The Hall–Kier alpha value is -3.80. The van der Waals surface area contributed by atoms with E-state index in [9.17, 15) is 18.8 Å². The number of imide groups is 1. The van der Waals surface area contributed by atoms with Crippen LogP contribution < -0.4 is 4.90 Å². The van der Waals surface area contributed by atoms with Crippen LogP contribution in [0, 0.1) is 19.7 Å². The Morgan fingerprint density at radius 3 is 2.06 bits per heavy atom. The molecule has 3 amide bonds. The number of carbonyl (C=O) groups excluding carboxylic acids is 3. The Labute approximate surface area is 186 Å². The fourth-order valence-electron chi connectivity index (χ4n) is 3.80. The van der Waals surface area contributed by atoms with Crippen molar-refractivity contribution in [2.24, 2.45) is 0 Å². The predicted octanol–water partition coefficient (Wildman–Crippen LogP) is 4.42. The zero-order valence-corrected chi connectivity index (χ0v) is 17.9. The molecule has 1 saturated heterocycles. The monoisotopic (exact) mass is 430 g/mol. The molecule has 5 nitrogen and oxygen atoms in total. The minimum Gasteiger partial charge on any atom is -0.322 e. The molecule has 6 heteroatoms. The van der Waals surface area contributed by atoms with Crippen LogP contribution in [0.3, 0.4) is 0 Å². The van der Waals surface area contributed by atoms with Gasteiger partial charge in [0.2, 0.25) is 5.91 Å². The predicted molar refractivity (Wildman–Crippen MR) is 120 cm³/mol. The third-order valence-corrected chi connectivity index (χ3v) is 5.62. The average Bonchev–Trinajstić information content (AvgIpc) is 3.08. The lowest BCUT2D eigenvalue weighted by atomic mass is 10.1. The third-order valence-electron chi connectivity index (χ3n) is 5.62. The van der Waals surface area contributed by atoms with Crippen molar-refractivity contribution < 1.29 is 18.8 Å². The fourth-order valence-corrected chi connectivity index (χ4v) is 3.80. The summed E-state index contributed by atoms with van der Waals surface area (Å²) < 4.78 is 13.3. The van der Waals surface area contributed by atoms with Gasteiger partial charge in [-0.2, -0.15) is 0 Å². The van der Waals surface area contributed by atoms with E-state index in [0.717, 1.165) is 21.6 Å². The number of carbonyl (C=O) groups is 3. The Kier molecular flexibility index (Phi) is 5.86. The lowest BCUT2D eigenvalue weighted by molar-refractivity contribution is -0.122. The van der Waals surface area contributed by atoms with Gasteiger partial charge in [0, 0.05) is 12.1 Å². The molecule has 0 aromatic heterocycles. The number of amides is 3. The normalized spacial score (nSPS) is 15.8. The summed E-state index contributed by atoms with van der Waals surface area (Å²) in [5.41, 5.74) is 3.70. The molecule has 1 heterocycles. The van der Waals surface area contributed by atoms with E-state index in [-0.39, 0.29) is 18.9 Å².